The van der Waals surface area contributed by atoms with Gasteiger partial charge in [-0.2, -0.15) is 0 Å². The third kappa shape index (κ3) is 1.62. The molecule has 0 unspecified atom stereocenters. The van der Waals surface area contributed by atoms with Crippen LogP contribution in [0.2, 0.25) is 20.1 Å². The van der Waals surface area contributed by atoms with Crippen LogP contribution in [-0.4, -0.2) is 0 Å². The topological polar surface area (TPSA) is 4.36 Å². The number of hydrogen-bond acceptors (Lipinski definition) is 0. The van der Waals surface area contributed by atoms with Gasteiger partial charge < -0.3 is 0 Å². The molecule has 0 N–H and O–H groups in total. The van der Waals surface area contributed by atoms with Crippen LogP contribution in [0.5, 0.6) is 0 Å². The van der Waals surface area contributed by atoms with Crippen LogP contribution in [0, 0.1) is 6.57 Å². The van der Waals surface area contributed by atoms with E-state index in [4.69, 9.17) is 53.0 Å². The van der Waals surface area contributed by atoms with Crippen LogP contribution in [0.15, 0.2) is 6.07 Å². The molecule has 0 aliphatic heterocycles. The molecule has 1 aromatic carbocycles. The van der Waals surface area contributed by atoms with Crippen LogP contribution in [0.25, 0.3) is 4.85 Å². The number of halogens is 4. The summed E-state index contributed by atoms with van der Waals surface area (Å²) in [4.78, 5) is 3.12. The van der Waals surface area contributed by atoms with E-state index >= 15 is 0 Å². The Kier molecular flexibility index (Phi) is 3.09. The maximum atomic E-state index is 6.73. The molecule has 0 saturated heterocycles. The zero-order valence-electron chi connectivity index (χ0n) is 5.54. The summed E-state index contributed by atoms with van der Waals surface area (Å²) in [5.41, 5.74) is 0.205. The number of rotatable bonds is 0. The Morgan fingerprint density at radius 2 is 1.58 bits per heavy atom. The van der Waals surface area contributed by atoms with Crippen molar-refractivity contribution in [1.29, 1.82) is 0 Å². The van der Waals surface area contributed by atoms with Crippen molar-refractivity contribution in [2.75, 3.05) is 0 Å². The maximum absolute atomic E-state index is 6.73. The van der Waals surface area contributed by atoms with E-state index in [9.17, 15) is 0 Å². The Morgan fingerprint density at radius 3 is 2.08 bits per heavy atom. The van der Waals surface area contributed by atoms with Gasteiger partial charge in [-0.1, -0.05) is 46.4 Å². The molecule has 0 fully saturated rings. The Morgan fingerprint density at radius 1 is 1.00 bits per heavy atom. The number of hydrogen-bond donors (Lipinski definition) is 0. The van der Waals surface area contributed by atoms with Gasteiger partial charge >= 0.3 is 0 Å². The highest BCUT2D eigenvalue weighted by Crippen LogP contribution is 2.41. The van der Waals surface area contributed by atoms with Crippen molar-refractivity contribution in [2.45, 2.75) is 0 Å². The molecule has 5 heteroatoms. The lowest BCUT2D eigenvalue weighted by Crippen LogP contribution is -1.74. The molecule has 0 atom stereocenters. The third-order valence-electron chi connectivity index (χ3n) is 1.20. The van der Waals surface area contributed by atoms with E-state index in [2.05, 4.69) is 4.85 Å². The van der Waals surface area contributed by atoms with Crippen molar-refractivity contribution >= 4 is 52.1 Å². The van der Waals surface area contributed by atoms with Gasteiger partial charge in [0.15, 0.2) is 0 Å². The quantitative estimate of drug-likeness (QED) is 0.347. The van der Waals surface area contributed by atoms with Crippen molar-refractivity contribution in [3.05, 3.63) is 37.6 Å². The number of benzene rings is 1. The zero-order chi connectivity index (χ0) is 9.30. The second-order valence-electron chi connectivity index (χ2n) is 1.93. The molecule has 0 amide bonds. The molecule has 0 radical (unpaired) electrons. The minimum absolute atomic E-state index is 0.122. The van der Waals surface area contributed by atoms with E-state index in [1.54, 1.807) is 0 Å². The maximum Gasteiger partial charge on any atom is 0.208 e. The molecule has 12 heavy (non-hydrogen) atoms. The fraction of sp³-hybridized carbons (Fsp3) is 0. The lowest BCUT2D eigenvalue weighted by atomic mass is 10.3. The molecular formula is C7HCl4N. The highest BCUT2D eigenvalue weighted by atomic mass is 35.5. The van der Waals surface area contributed by atoms with Crippen molar-refractivity contribution in [1.82, 2.24) is 0 Å². The molecule has 1 nitrogen and oxygen atoms in total. The van der Waals surface area contributed by atoms with Crippen molar-refractivity contribution in [3.63, 3.8) is 0 Å². The van der Waals surface area contributed by atoms with Crippen molar-refractivity contribution < 1.29 is 0 Å². The molecule has 0 saturated carbocycles. The monoisotopic (exact) mass is 239 g/mol. The highest BCUT2D eigenvalue weighted by molar-refractivity contribution is 6.52. The summed E-state index contributed by atoms with van der Waals surface area (Å²) in [6, 6.07) is 1.38. The summed E-state index contributed by atoms with van der Waals surface area (Å²) in [5, 5.41) is 0.672. The van der Waals surface area contributed by atoms with Crippen LogP contribution >= 0.6 is 46.4 Å². The largest absolute Gasteiger partial charge is 0.236 e. The van der Waals surface area contributed by atoms with E-state index in [-0.39, 0.29) is 25.8 Å². The van der Waals surface area contributed by atoms with Gasteiger partial charge in [-0.15, -0.1) is 0 Å². The summed E-state index contributed by atoms with van der Waals surface area (Å²) in [6.07, 6.45) is 0. The van der Waals surface area contributed by atoms with Gasteiger partial charge in [0.25, 0.3) is 0 Å². The van der Waals surface area contributed by atoms with E-state index < -0.39 is 0 Å². The summed E-state index contributed by atoms with van der Waals surface area (Å²) < 4.78 is 0. The fourth-order valence-electron chi connectivity index (χ4n) is 0.642. The van der Waals surface area contributed by atoms with E-state index in [1.807, 2.05) is 0 Å². The first-order valence-corrected chi connectivity index (χ1v) is 4.29. The lowest BCUT2D eigenvalue weighted by molar-refractivity contribution is 1.70. The van der Waals surface area contributed by atoms with E-state index in [0.717, 1.165) is 0 Å². The second-order valence-corrected chi connectivity index (χ2v) is 3.47. The average molecular weight is 241 g/mol. The standard InChI is InChI=1S/C7HCl4N/c1-12-4-2-3(8)5(9)7(11)6(4)10/h2H. The number of nitrogens with zero attached hydrogens (tertiary/aromatic N) is 1. The molecule has 62 valence electrons. The van der Waals surface area contributed by atoms with Gasteiger partial charge in [-0.25, -0.2) is 4.85 Å². The van der Waals surface area contributed by atoms with Crippen molar-refractivity contribution in [2.24, 2.45) is 0 Å². The predicted molar refractivity (Wildman–Crippen MR) is 52.7 cm³/mol. The Hall–Kier alpha value is -0.130. The SMILES string of the molecule is [C-]#[N+]c1cc(Cl)c(Cl)c(Cl)c1Cl. The molecule has 0 spiro atoms. The van der Waals surface area contributed by atoms with E-state index in [1.165, 1.54) is 6.07 Å². The first-order chi connectivity index (χ1) is 5.57. The first kappa shape index (κ1) is 9.95. The van der Waals surface area contributed by atoms with Gasteiger partial charge in [0.2, 0.25) is 5.69 Å². The van der Waals surface area contributed by atoms with Gasteiger partial charge in [0.05, 0.1) is 26.7 Å². The van der Waals surface area contributed by atoms with Crippen LogP contribution in [0.4, 0.5) is 5.69 Å². The van der Waals surface area contributed by atoms with Crippen LogP contribution < -0.4 is 0 Å². The normalized spacial score (nSPS) is 9.58. The predicted octanol–water partition coefficient (Wildman–Crippen LogP) is 4.85. The molecule has 0 heterocycles. The average Bonchev–Trinajstić information content (AvgIpc) is 2.08. The summed E-state index contributed by atoms with van der Waals surface area (Å²) in [7, 11) is 0. The molecule has 0 aromatic heterocycles. The minimum Gasteiger partial charge on any atom is -0.236 e. The third-order valence-corrected chi connectivity index (χ3v) is 2.95. The van der Waals surface area contributed by atoms with Crippen LogP contribution in [0.1, 0.15) is 0 Å². The zero-order valence-corrected chi connectivity index (χ0v) is 8.56. The summed E-state index contributed by atoms with van der Waals surface area (Å²) in [5.74, 6) is 0. The Labute approximate surface area is 89.6 Å². The molecule has 1 rings (SSSR count). The first-order valence-electron chi connectivity index (χ1n) is 2.78. The van der Waals surface area contributed by atoms with Crippen LogP contribution in [0.3, 0.4) is 0 Å². The highest BCUT2D eigenvalue weighted by Gasteiger charge is 2.12. The van der Waals surface area contributed by atoms with Crippen LogP contribution in [-0.2, 0) is 0 Å². The molecular weight excluding hydrogens is 240 g/mol. The second kappa shape index (κ2) is 3.72. The van der Waals surface area contributed by atoms with Gasteiger partial charge in [-0.3, -0.25) is 0 Å². The molecule has 0 bridgehead atoms. The van der Waals surface area contributed by atoms with Gasteiger partial charge in [0, 0.05) is 0 Å². The fourth-order valence-corrected chi connectivity index (χ4v) is 1.48. The summed E-state index contributed by atoms with van der Waals surface area (Å²) >= 11 is 22.7. The van der Waals surface area contributed by atoms with Gasteiger partial charge in [-0.05, 0) is 6.07 Å². The smallest absolute Gasteiger partial charge is 0.208 e. The lowest BCUT2D eigenvalue weighted by Gasteiger charge is -2.02. The van der Waals surface area contributed by atoms with E-state index in [0.29, 0.717) is 0 Å². The van der Waals surface area contributed by atoms with Gasteiger partial charge in [0.1, 0.15) is 0 Å². The molecule has 0 aliphatic rings. The van der Waals surface area contributed by atoms with Crippen molar-refractivity contribution in [3.8, 4) is 0 Å². The Bertz CT molecular complexity index is 367. The summed E-state index contributed by atoms with van der Waals surface area (Å²) in [6.45, 7) is 6.73. The molecule has 0 aliphatic carbocycles. The Balaban J connectivity index is 3.52. The minimum atomic E-state index is 0.122. The molecule has 1 aromatic rings.